The van der Waals surface area contributed by atoms with Gasteiger partial charge in [0.2, 0.25) is 5.90 Å². The number of ether oxygens (including phenoxy) is 4. The summed E-state index contributed by atoms with van der Waals surface area (Å²) >= 11 is 12.4. The normalized spacial score (nSPS) is 14.0. The van der Waals surface area contributed by atoms with E-state index >= 15 is 0 Å². The molecule has 2 aromatic rings. The third-order valence-electron chi connectivity index (χ3n) is 4.21. The number of halogens is 2. The van der Waals surface area contributed by atoms with Crippen LogP contribution in [-0.4, -0.2) is 43.1 Å². The lowest BCUT2D eigenvalue weighted by Gasteiger charge is -2.12. The summed E-state index contributed by atoms with van der Waals surface area (Å²) in [5, 5.41) is 11.3. The Labute approximate surface area is 197 Å². The molecule has 10 nitrogen and oxygen atoms in total. The zero-order valence-electron chi connectivity index (χ0n) is 17.3. The molecule has 0 saturated carbocycles. The van der Waals surface area contributed by atoms with Crippen LogP contribution in [0, 0.1) is 10.1 Å². The number of esters is 2. The van der Waals surface area contributed by atoms with Crippen LogP contribution in [0.25, 0.3) is 6.08 Å². The molecule has 0 unspecified atom stereocenters. The molecule has 12 heteroatoms. The van der Waals surface area contributed by atoms with E-state index in [-0.39, 0.29) is 57.6 Å². The van der Waals surface area contributed by atoms with Crippen molar-refractivity contribution in [1.29, 1.82) is 0 Å². The number of aliphatic imine (C=N–C) groups is 1. The molecule has 1 aliphatic rings. The van der Waals surface area contributed by atoms with Crippen molar-refractivity contribution in [3.8, 4) is 11.5 Å². The Bertz CT molecular complexity index is 1190. The summed E-state index contributed by atoms with van der Waals surface area (Å²) < 4.78 is 20.6. The molecule has 0 amide bonds. The maximum atomic E-state index is 12.3. The summed E-state index contributed by atoms with van der Waals surface area (Å²) in [6.45, 7) is 1.51. The van der Waals surface area contributed by atoms with E-state index in [0.717, 1.165) is 6.07 Å². The van der Waals surface area contributed by atoms with Gasteiger partial charge >= 0.3 is 11.9 Å². The van der Waals surface area contributed by atoms with Gasteiger partial charge in [0.25, 0.3) is 5.69 Å². The molecule has 0 N–H and O–H groups in total. The van der Waals surface area contributed by atoms with Crippen LogP contribution < -0.4 is 9.47 Å². The number of nitro benzene ring substituents is 1. The van der Waals surface area contributed by atoms with Crippen molar-refractivity contribution in [3.63, 3.8) is 0 Å². The van der Waals surface area contributed by atoms with Crippen LogP contribution in [0.2, 0.25) is 10.0 Å². The number of rotatable bonds is 8. The molecular weight excluding hydrogens is 479 g/mol. The monoisotopic (exact) mass is 494 g/mol. The third kappa shape index (κ3) is 5.60. The Hall–Kier alpha value is -3.63. The van der Waals surface area contributed by atoms with Gasteiger partial charge in [0, 0.05) is 12.1 Å². The van der Waals surface area contributed by atoms with Crippen molar-refractivity contribution in [1.82, 2.24) is 0 Å². The van der Waals surface area contributed by atoms with Crippen molar-refractivity contribution in [3.05, 3.63) is 67.3 Å². The van der Waals surface area contributed by atoms with E-state index in [2.05, 4.69) is 4.99 Å². The first kappa shape index (κ1) is 24.0. The van der Waals surface area contributed by atoms with E-state index in [1.165, 1.54) is 37.5 Å². The van der Waals surface area contributed by atoms with Gasteiger partial charge in [-0.1, -0.05) is 23.2 Å². The van der Waals surface area contributed by atoms with Gasteiger partial charge < -0.3 is 18.9 Å². The first-order chi connectivity index (χ1) is 15.7. The van der Waals surface area contributed by atoms with Crippen LogP contribution in [-0.2, 0) is 19.1 Å². The van der Waals surface area contributed by atoms with Gasteiger partial charge in [-0.25, -0.2) is 14.6 Å². The van der Waals surface area contributed by atoms with Crippen LogP contribution in [0.4, 0.5) is 5.69 Å². The first-order valence-electron chi connectivity index (χ1n) is 9.36. The quantitative estimate of drug-likeness (QED) is 0.231. The van der Waals surface area contributed by atoms with Crippen LogP contribution in [0.3, 0.4) is 0 Å². The molecular formula is C21H16Cl2N2O8. The fourth-order valence-electron chi connectivity index (χ4n) is 2.77. The molecule has 0 aromatic heterocycles. The third-order valence-corrected chi connectivity index (χ3v) is 4.82. The summed E-state index contributed by atoms with van der Waals surface area (Å²) in [6, 6.07) is 6.68. The highest BCUT2D eigenvalue weighted by Crippen LogP contribution is 2.37. The number of nitrogens with zero attached hydrogens (tertiary/aromatic N) is 2. The molecule has 33 heavy (non-hydrogen) atoms. The van der Waals surface area contributed by atoms with E-state index < -0.39 is 16.9 Å². The lowest BCUT2D eigenvalue weighted by molar-refractivity contribution is -0.384. The van der Waals surface area contributed by atoms with E-state index in [1.807, 2.05) is 0 Å². The molecule has 1 heterocycles. The first-order valence-corrected chi connectivity index (χ1v) is 10.1. The van der Waals surface area contributed by atoms with Crippen LogP contribution in [0.1, 0.15) is 18.1 Å². The maximum absolute atomic E-state index is 12.3. The number of nitro groups is 1. The molecule has 0 aliphatic carbocycles. The zero-order valence-corrected chi connectivity index (χ0v) is 18.8. The summed E-state index contributed by atoms with van der Waals surface area (Å²) in [7, 11) is 1.38. The molecule has 3 rings (SSSR count). The van der Waals surface area contributed by atoms with Gasteiger partial charge in [-0.15, -0.1) is 0 Å². The van der Waals surface area contributed by atoms with Crippen molar-refractivity contribution in [2.75, 3.05) is 20.3 Å². The highest BCUT2D eigenvalue weighted by Gasteiger charge is 2.27. The van der Waals surface area contributed by atoms with Gasteiger partial charge in [-0.3, -0.25) is 10.1 Å². The Kier molecular flexibility index (Phi) is 7.52. The Balaban J connectivity index is 1.91. The number of carbonyl (C=O) groups excluding carboxylic acids is 2. The van der Waals surface area contributed by atoms with Gasteiger partial charge in [-0.05, 0) is 36.8 Å². The summed E-state index contributed by atoms with van der Waals surface area (Å²) in [5.74, 6) is -1.21. The number of carbonyl (C=O) groups is 2. The minimum atomic E-state index is -0.787. The van der Waals surface area contributed by atoms with Crippen molar-refractivity contribution < 1.29 is 33.5 Å². The molecule has 0 fully saturated rings. The SMILES string of the molecule is CCOC(=O)COc1c(Cl)cc(/C=C2\N=C(c3cc([N+](=O)[O-])ccc3Cl)OC2=O)cc1OC. The number of hydrogen-bond donors (Lipinski definition) is 0. The van der Waals surface area contributed by atoms with Gasteiger partial charge in [0.15, 0.2) is 23.8 Å². The van der Waals surface area contributed by atoms with Gasteiger partial charge in [-0.2, -0.15) is 0 Å². The molecule has 172 valence electrons. The zero-order chi connectivity index (χ0) is 24.1. The van der Waals surface area contributed by atoms with E-state index in [1.54, 1.807) is 6.92 Å². The maximum Gasteiger partial charge on any atom is 0.363 e. The summed E-state index contributed by atoms with van der Waals surface area (Å²) in [4.78, 5) is 38.4. The molecule has 0 saturated heterocycles. The predicted molar refractivity (Wildman–Crippen MR) is 119 cm³/mol. The second kappa shape index (κ2) is 10.3. The second-order valence-electron chi connectivity index (χ2n) is 6.39. The lowest BCUT2D eigenvalue weighted by atomic mass is 10.1. The minimum Gasteiger partial charge on any atom is -0.493 e. The molecule has 1 aliphatic heterocycles. The Morgan fingerprint density at radius 2 is 2.00 bits per heavy atom. The number of benzene rings is 2. The molecule has 0 radical (unpaired) electrons. The minimum absolute atomic E-state index is 0.0918. The van der Waals surface area contributed by atoms with Crippen LogP contribution in [0.15, 0.2) is 41.0 Å². The second-order valence-corrected chi connectivity index (χ2v) is 7.20. The predicted octanol–water partition coefficient (Wildman–Crippen LogP) is 4.20. The fourth-order valence-corrected chi connectivity index (χ4v) is 3.24. The Morgan fingerprint density at radius 1 is 1.24 bits per heavy atom. The van der Waals surface area contributed by atoms with Crippen molar-refractivity contribution in [2.45, 2.75) is 6.92 Å². The highest BCUT2D eigenvalue weighted by molar-refractivity contribution is 6.34. The molecule has 0 atom stereocenters. The number of cyclic esters (lactones) is 1. The summed E-state index contributed by atoms with van der Waals surface area (Å²) in [5.41, 5.74) is 0.190. The van der Waals surface area contributed by atoms with E-state index in [0.29, 0.717) is 5.56 Å². The Morgan fingerprint density at radius 3 is 2.67 bits per heavy atom. The number of non-ortho nitro benzene ring substituents is 1. The topological polar surface area (TPSA) is 127 Å². The lowest BCUT2D eigenvalue weighted by Crippen LogP contribution is -2.15. The van der Waals surface area contributed by atoms with Gasteiger partial charge in [0.05, 0.1) is 34.2 Å². The smallest absolute Gasteiger partial charge is 0.363 e. The van der Waals surface area contributed by atoms with E-state index in [4.69, 9.17) is 42.1 Å². The van der Waals surface area contributed by atoms with Crippen molar-refractivity contribution in [2.24, 2.45) is 4.99 Å². The standard InChI is InChI=1S/C21H16Cl2N2O8/c1-3-31-18(26)10-32-19-15(23)6-11(8-17(19)30-2)7-16-21(27)33-20(24-16)13-9-12(25(28)29)4-5-14(13)22/h4-9H,3,10H2,1-2H3/b16-7-. The molecule has 2 aromatic carbocycles. The number of hydrogen-bond acceptors (Lipinski definition) is 9. The largest absolute Gasteiger partial charge is 0.493 e. The van der Waals surface area contributed by atoms with Crippen molar-refractivity contribution >= 4 is 52.8 Å². The van der Waals surface area contributed by atoms with E-state index in [9.17, 15) is 19.7 Å². The summed E-state index contributed by atoms with van der Waals surface area (Å²) in [6.07, 6.45) is 1.38. The fraction of sp³-hybridized carbons (Fsp3) is 0.190. The van der Waals surface area contributed by atoms with Gasteiger partial charge in [0.1, 0.15) is 0 Å². The van der Waals surface area contributed by atoms with Crippen LogP contribution in [0.5, 0.6) is 11.5 Å². The average molecular weight is 495 g/mol. The average Bonchev–Trinajstić information content (AvgIpc) is 3.12. The van der Waals surface area contributed by atoms with Crippen LogP contribution >= 0.6 is 23.2 Å². The molecule has 0 bridgehead atoms. The highest BCUT2D eigenvalue weighted by atomic mass is 35.5. The number of methoxy groups -OCH3 is 1. The molecule has 0 spiro atoms.